The molecule has 0 saturated carbocycles. The molecular formula is C13H9Cl2N. The van der Waals surface area contributed by atoms with Crippen LogP contribution in [0.1, 0.15) is 5.56 Å². The van der Waals surface area contributed by atoms with Crippen LogP contribution in [0.15, 0.2) is 43.1 Å². The molecule has 0 aliphatic rings. The Morgan fingerprint density at radius 3 is 2.25 bits per heavy atom. The molecule has 1 aromatic carbocycles. The van der Waals surface area contributed by atoms with Crippen molar-refractivity contribution in [3.63, 3.8) is 0 Å². The van der Waals surface area contributed by atoms with Crippen LogP contribution in [0.3, 0.4) is 0 Å². The highest BCUT2D eigenvalue weighted by Gasteiger charge is 2.02. The minimum absolute atomic E-state index is 0.608. The smallest absolute Gasteiger partial charge is 0.0703 e. The first kappa shape index (κ1) is 11.2. The normalized spacial score (nSPS) is 10.1. The standard InChI is InChI=1S/C13H9Cl2N/c1-2-9-3-4-13(16-8-9)10-5-11(14)7-12(15)6-10/h2-8H,1H2. The van der Waals surface area contributed by atoms with Crippen molar-refractivity contribution in [1.82, 2.24) is 4.98 Å². The molecule has 80 valence electrons. The van der Waals surface area contributed by atoms with E-state index in [1.54, 1.807) is 18.3 Å². The van der Waals surface area contributed by atoms with E-state index < -0.39 is 0 Å². The van der Waals surface area contributed by atoms with Crippen molar-refractivity contribution in [2.75, 3.05) is 0 Å². The van der Waals surface area contributed by atoms with Crippen LogP contribution < -0.4 is 0 Å². The Morgan fingerprint density at radius 2 is 1.75 bits per heavy atom. The van der Waals surface area contributed by atoms with Crippen molar-refractivity contribution in [3.05, 3.63) is 58.7 Å². The number of hydrogen-bond donors (Lipinski definition) is 0. The van der Waals surface area contributed by atoms with Crippen LogP contribution >= 0.6 is 23.2 Å². The maximum Gasteiger partial charge on any atom is 0.0703 e. The molecular weight excluding hydrogens is 241 g/mol. The number of nitrogens with zero attached hydrogens (tertiary/aromatic N) is 1. The summed E-state index contributed by atoms with van der Waals surface area (Å²) in [5.41, 5.74) is 2.74. The maximum atomic E-state index is 5.93. The minimum atomic E-state index is 0.608. The molecule has 1 heterocycles. The Hall–Kier alpha value is -1.31. The Morgan fingerprint density at radius 1 is 1.06 bits per heavy atom. The largest absolute Gasteiger partial charge is 0.256 e. The summed E-state index contributed by atoms with van der Waals surface area (Å²) in [7, 11) is 0. The summed E-state index contributed by atoms with van der Waals surface area (Å²) in [5.74, 6) is 0. The second-order valence-corrected chi connectivity index (χ2v) is 4.21. The second-order valence-electron chi connectivity index (χ2n) is 3.34. The maximum absolute atomic E-state index is 5.93. The van der Waals surface area contributed by atoms with E-state index >= 15 is 0 Å². The van der Waals surface area contributed by atoms with Crippen LogP contribution in [0, 0.1) is 0 Å². The van der Waals surface area contributed by atoms with Gasteiger partial charge in [-0.05, 0) is 29.8 Å². The molecule has 0 fully saturated rings. The molecule has 3 heteroatoms. The summed E-state index contributed by atoms with van der Waals surface area (Å²) in [6, 6.07) is 9.24. The highest BCUT2D eigenvalue weighted by Crippen LogP contribution is 2.25. The highest BCUT2D eigenvalue weighted by molar-refractivity contribution is 6.35. The molecule has 0 N–H and O–H groups in total. The lowest BCUT2D eigenvalue weighted by Gasteiger charge is -2.03. The van der Waals surface area contributed by atoms with Crippen LogP contribution in [0.25, 0.3) is 17.3 Å². The van der Waals surface area contributed by atoms with Gasteiger partial charge in [-0.1, -0.05) is 41.9 Å². The molecule has 1 aromatic heterocycles. The van der Waals surface area contributed by atoms with Gasteiger partial charge >= 0.3 is 0 Å². The molecule has 1 nitrogen and oxygen atoms in total. The number of benzene rings is 1. The van der Waals surface area contributed by atoms with E-state index in [0.717, 1.165) is 16.8 Å². The number of aromatic nitrogens is 1. The monoisotopic (exact) mass is 249 g/mol. The molecule has 16 heavy (non-hydrogen) atoms. The van der Waals surface area contributed by atoms with Crippen LogP contribution in [0.5, 0.6) is 0 Å². The summed E-state index contributed by atoms with van der Waals surface area (Å²) >= 11 is 11.9. The molecule has 0 atom stereocenters. The van der Waals surface area contributed by atoms with E-state index in [1.165, 1.54) is 0 Å². The molecule has 0 saturated heterocycles. The molecule has 0 aliphatic carbocycles. The van der Waals surface area contributed by atoms with Gasteiger partial charge in [-0.3, -0.25) is 4.98 Å². The fourth-order valence-corrected chi connectivity index (χ4v) is 1.92. The van der Waals surface area contributed by atoms with Gasteiger partial charge in [-0.25, -0.2) is 0 Å². The molecule has 0 aliphatic heterocycles. The van der Waals surface area contributed by atoms with Crippen LogP contribution in [-0.4, -0.2) is 4.98 Å². The van der Waals surface area contributed by atoms with Gasteiger partial charge < -0.3 is 0 Å². The van der Waals surface area contributed by atoms with Gasteiger partial charge in [0.2, 0.25) is 0 Å². The van der Waals surface area contributed by atoms with Crippen LogP contribution in [-0.2, 0) is 0 Å². The number of halogens is 2. The third-order valence-corrected chi connectivity index (χ3v) is 2.62. The van der Waals surface area contributed by atoms with Crippen molar-refractivity contribution < 1.29 is 0 Å². The average molecular weight is 250 g/mol. The molecule has 0 unspecified atom stereocenters. The Balaban J connectivity index is 2.45. The lowest BCUT2D eigenvalue weighted by molar-refractivity contribution is 1.31. The summed E-state index contributed by atoms with van der Waals surface area (Å²) in [6.07, 6.45) is 3.51. The highest BCUT2D eigenvalue weighted by atomic mass is 35.5. The Bertz CT molecular complexity index is 498. The van der Waals surface area contributed by atoms with Crippen LogP contribution in [0.2, 0.25) is 10.0 Å². The van der Waals surface area contributed by atoms with Gasteiger partial charge in [-0.2, -0.15) is 0 Å². The number of hydrogen-bond acceptors (Lipinski definition) is 1. The summed E-state index contributed by atoms with van der Waals surface area (Å²) in [5, 5.41) is 1.22. The fourth-order valence-electron chi connectivity index (χ4n) is 1.40. The topological polar surface area (TPSA) is 12.9 Å². The third kappa shape index (κ3) is 2.43. The SMILES string of the molecule is C=Cc1ccc(-c2cc(Cl)cc(Cl)c2)nc1. The van der Waals surface area contributed by atoms with Crippen molar-refractivity contribution in [2.45, 2.75) is 0 Å². The number of pyridine rings is 1. The molecule has 2 rings (SSSR count). The number of rotatable bonds is 2. The van der Waals surface area contributed by atoms with Gasteiger partial charge in [-0.15, -0.1) is 0 Å². The second kappa shape index (κ2) is 4.69. The molecule has 0 bridgehead atoms. The van der Waals surface area contributed by atoms with Gasteiger partial charge in [0.1, 0.15) is 0 Å². The van der Waals surface area contributed by atoms with Gasteiger partial charge in [0.15, 0.2) is 0 Å². The van der Waals surface area contributed by atoms with Crippen molar-refractivity contribution in [1.29, 1.82) is 0 Å². The first-order chi connectivity index (χ1) is 7.69. The summed E-state index contributed by atoms with van der Waals surface area (Å²) in [4.78, 5) is 4.31. The third-order valence-electron chi connectivity index (χ3n) is 2.18. The van der Waals surface area contributed by atoms with Crippen molar-refractivity contribution >= 4 is 29.3 Å². The van der Waals surface area contributed by atoms with E-state index in [0.29, 0.717) is 10.0 Å². The lowest BCUT2D eigenvalue weighted by atomic mass is 10.1. The van der Waals surface area contributed by atoms with E-state index in [2.05, 4.69) is 11.6 Å². The minimum Gasteiger partial charge on any atom is -0.256 e. The zero-order valence-corrected chi connectivity index (χ0v) is 9.96. The van der Waals surface area contributed by atoms with E-state index in [4.69, 9.17) is 23.2 Å². The Kier molecular flexibility index (Phi) is 3.28. The van der Waals surface area contributed by atoms with E-state index in [1.807, 2.05) is 24.3 Å². The first-order valence-corrected chi connectivity index (χ1v) is 5.49. The lowest BCUT2D eigenvalue weighted by Crippen LogP contribution is -1.84. The predicted octanol–water partition coefficient (Wildman–Crippen LogP) is 4.70. The predicted molar refractivity (Wildman–Crippen MR) is 69.8 cm³/mol. The van der Waals surface area contributed by atoms with E-state index in [9.17, 15) is 0 Å². The van der Waals surface area contributed by atoms with E-state index in [-0.39, 0.29) is 0 Å². The summed E-state index contributed by atoms with van der Waals surface area (Å²) < 4.78 is 0. The fraction of sp³-hybridized carbons (Fsp3) is 0. The van der Waals surface area contributed by atoms with Gasteiger partial charge in [0.25, 0.3) is 0 Å². The first-order valence-electron chi connectivity index (χ1n) is 4.74. The zero-order chi connectivity index (χ0) is 11.5. The van der Waals surface area contributed by atoms with Gasteiger partial charge in [0.05, 0.1) is 5.69 Å². The van der Waals surface area contributed by atoms with Crippen LogP contribution in [0.4, 0.5) is 0 Å². The zero-order valence-electron chi connectivity index (χ0n) is 8.45. The quantitative estimate of drug-likeness (QED) is 0.752. The molecule has 0 amide bonds. The summed E-state index contributed by atoms with van der Waals surface area (Å²) in [6.45, 7) is 3.68. The molecule has 2 aromatic rings. The Labute approximate surface area is 104 Å². The molecule has 0 spiro atoms. The molecule has 0 radical (unpaired) electrons. The average Bonchev–Trinajstić information content (AvgIpc) is 2.28. The van der Waals surface area contributed by atoms with Crippen molar-refractivity contribution in [2.24, 2.45) is 0 Å². The van der Waals surface area contributed by atoms with Crippen molar-refractivity contribution in [3.8, 4) is 11.3 Å². The van der Waals surface area contributed by atoms with Gasteiger partial charge in [0, 0.05) is 21.8 Å².